The molecule has 0 amide bonds. The summed E-state index contributed by atoms with van der Waals surface area (Å²) in [5, 5.41) is 8.80. The van der Waals surface area contributed by atoms with Crippen LogP contribution in [0.4, 0.5) is 25.8 Å². The van der Waals surface area contributed by atoms with E-state index in [4.69, 9.17) is 10.00 Å². The molecule has 0 aliphatic carbocycles. The summed E-state index contributed by atoms with van der Waals surface area (Å²) in [4.78, 5) is 4.49. The SMILES string of the molecule is N#Cc1c(F)cc(Oc2ccc(N3c4ccccc4Sc4ccccc43)cc2)cc1F. The lowest BCUT2D eigenvalue weighted by Gasteiger charge is -2.32. The molecule has 3 nitrogen and oxygen atoms in total. The highest BCUT2D eigenvalue weighted by molar-refractivity contribution is 7.99. The molecule has 0 unspecified atom stereocenters. The number of benzene rings is 4. The maximum atomic E-state index is 13.9. The van der Waals surface area contributed by atoms with Crippen molar-refractivity contribution in [1.29, 1.82) is 5.26 Å². The van der Waals surface area contributed by atoms with E-state index in [2.05, 4.69) is 29.2 Å². The lowest BCUT2D eigenvalue weighted by Crippen LogP contribution is -2.14. The molecule has 1 aliphatic heterocycles. The fraction of sp³-hybridized carbons (Fsp3) is 0. The van der Waals surface area contributed by atoms with Gasteiger partial charge in [-0.05, 0) is 48.5 Å². The molecule has 0 fully saturated rings. The zero-order valence-corrected chi connectivity index (χ0v) is 16.9. The quantitative estimate of drug-likeness (QED) is 0.297. The fourth-order valence-electron chi connectivity index (χ4n) is 3.50. The fourth-order valence-corrected chi connectivity index (χ4v) is 4.56. The molecule has 6 heteroatoms. The number of ether oxygens (including phenoxy) is 1. The van der Waals surface area contributed by atoms with Gasteiger partial charge in [-0.3, -0.25) is 0 Å². The van der Waals surface area contributed by atoms with Crippen LogP contribution < -0.4 is 9.64 Å². The highest BCUT2D eigenvalue weighted by Gasteiger charge is 2.24. The van der Waals surface area contributed by atoms with Gasteiger partial charge in [0.05, 0.1) is 11.4 Å². The van der Waals surface area contributed by atoms with Crippen LogP contribution >= 0.6 is 11.8 Å². The Kier molecular flexibility index (Phi) is 4.81. The molecule has 0 bridgehead atoms. The van der Waals surface area contributed by atoms with Crippen LogP contribution in [-0.4, -0.2) is 0 Å². The predicted octanol–water partition coefficient (Wildman–Crippen LogP) is 7.56. The first-order chi connectivity index (χ1) is 15.1. The van der Waals surface area contributed by atoms with Crippen LogP contribution in [0, 0.1) is 23.0 Å². The standard InChI is InChI=1S/C25H14F2N2OS/c26-20-13-18(14-21(27)19(20)15-28)30-17-11-9-16(10-12-17)29-22-5-1-3-7-24(22)31-25-8-4-2-6-23(25)29/h1-14H. The first-order valence-electron chi connectivity index (χ1n) is 9.47. The number of halogens is 2. The van der Waals surface area contributed by atoms with Crippen LogP contribution in [0.15, 0.2) is 94.7 Å². The van der Waals surface area contributed by atoms with Crippen LogP contribution in [0.5, 0.6) is 11.5 Å². The zero-order chi connectivity index (χ0) is 21.4. The third-order valence-electron chi connectivity index (χ3n) is 4.89. The van der Waals surface area contributed by atoms with E-state index in [1.807, 2.05) is 36.4 Å². The smallest absolute Gasteiger partial charge is 0.147 e. The van der Waals surface area contributed by atoms with E-state index >= 15 is 0 Å². The molecule has 0 radical (unpaired) electrons. The molecule has 4 aromatic rings. The second-order valence-corrected chi connectivity index (χ2v) is 7.93. The van der Waals surface area contributed by atoms with Crippen molar-refractivity contribution in [2.75, 3.05) is 4.90 Å². The Labute approximate surface area is 182 Å². The number of rotatable bonds is 3. The van der Waals surface area contributed by atoms with E-state index in [-0.39, 0.29) is 5.75 Å². The molecular formula is C25H14F2N2OS. The maximum absolute atomic E-state index is 13.9. The number of anilines is 3. The van der Waals surface area contributed by atoms with Gasteiger partial charge in [-0.15, -0.1) is 0 Å². The van der Waals surface area contributed by atoms with Crippen molar-refractivity contribution < 1.29 is 13.5 Å². The molecule has 0 aromatic heterocycles. The summed E-state index contributed by atoms with van der Waals surface area (Å²) in [6.45, 7) is 0. The van der Waals surface area contributed by atoms with E-state index in [1.54, 1.807) is 23.9 Å². The summed E-state index contributed by atoms with van der Waals surface area (Å²) in [5.41, 5.74) is 2.47. The Morgan fingerprint density at radius 2 is 1.29 bits per heavy atom. The number of hydrogen-bond donors (Lipinski definition) is 0. The number of hydrogen-bond acceptors (Lipinski definition) is 4. The summed E-state index contributed by atoms with van der Waals surface area (Å²) in [6, 6.07) is 27.2. The average Bonchev–Trinajstić information content (AvgIpc) is 2.78. The Hall–Kier alpha value is -3.82. The second kappa shape index (κ2) is 7.78. The van der Waals surface area contributed by atoms with Crippen molar-refractivity contribution >= 4 is 28.8 Å². The third kappa shape index (κ3) is 3.49. The van der Waals surface area contributed by atoms with Gasteiger partial charge in [0, 0.05) is 27.6 Å². The van der Waals surface area contributed by atoms with Crippen molar-refractivity contribution in [1.82, 2.24) is 0 Å². The Balaban J connectivity index is 1.48. The van der Waals surface area contributed by atoms with E-state index in [0.29, 0.717) is 5.75 Å². The molecule has 150 valence electrons. The Bertz CT molecular complexity index is 1260. The number of fused-ring (bicyclic) bond motifs is 2. The van der Waals surface area contributed by atoms with Gasteiger partial charge >= 0.3 is 0 Å². The minimum absolute atomic E-state index is 0.00758. The predicted molar refractivity (Wildman–Crippen MR) is 116 cm³/mol. The minimum atomic E-state index is -0.951. The van der Waals surface area contributed by atoms with Crippen LogP contribution in [0.1, 0.15) is 5.56 Å². The van der Waals surface area contributed by atoms with Crippen molar-refractivity contribution in [3.63, 3.8) is 0 Å². The highest BCUT2D eigenvalue weighted by Crippen LogP contribution is 2.51. The molecule has 31 heavy (non-hydrogen) atoms. The molecular weight excluding hydrogens is 414 g/mol. The molecule has 0 saturated carbocycles. The maximum Gasteiger partial charge on any atom is 0.147 e. The largest absolute Gasteiger partial charge is 0.457 e. The lowest BCUT2D eigenvalue weighted by atomic mass is 10.1. The minimum Gasteiger partial charge on any atom is -0.457 e. The van der Waals surface area contributed by atoms with Crippen molar-refractivity contribution in [3.8, 4) is 17.6 Å². The molecule has 5 rings (SSSR count). The summed E-state index contributed by atoms with van der Waals surface area (Å²) in [5.74, 6) is -1.48. The monoisotopic (exact) mass is 428 g/mol. The molecule has 0 saturated heterocycles. The van der Waals surface area contributed by atoms with Crippen LogP contribution in [0.3, 0.4) is 0 Å². The average molecular weight is 428 g/mol. The first-order valence-corrected chi connectivity index (χ1v) is 10.3. The molecule has 0 atom stereocenters. The zero-order valence-electron chi connectivity index (χ0n) is 16.0. The van der Waals surface area contributed by atoms with Crippen LogP contribution in [0.25, 0.3) is 0 Å². The second-order valence-electron chi connectivity index (χ2n) is 6.84. The van der Waals surface area contributed by atoms with Gasteiger partial charge in [0.1, 0.15) is 34.8 Å². The van der Waals surface area contributed by atoms with Crippen molar-refractivity contribution in [2.24, 2.45) is 0 Å². The van der Waals surface area contributed by atoms with E-state index in [1.165, 1.54) is 6.07 Å². The third-order valence-corrected chi connectivity index (χ3v) is 6.02. The molecule has 0 spiro atoms. The van der Waals surface area contributed by atoms with Crippen LogP contribution in [-0.2, 0) is 0 Å². The molecule has 4 aromatic carbocycles. The Morgan fingerprint density at radius 1 is 0.742 bits per heavy atom. The molecule has 1 heterocycles. The van der Waals surface area contributed by atoms with Gasteiger partial charge in [-0.2, -0.15) is 5.26 Å². The topological polar surface area (TPSA) is 36.3 Å². The summed E-state index contributed by atoms with van der Waals surface area (Å²) >= 11 is 1.73. The number of para-hydroxylation sites is 2. The lowest BCUT2D eigenvalue weighted by molar-refractivity contribution is 0.467. The van der Waals surface area contributed by atoms with E-state index < -0.39 is 17.2 Å². The highest BCUT2D eigenvalue weighted by atomic mass is 32.2. The van der Waals surface area contributed by atoms with E-state index in [9.17, 15) is 8.78 Å². The first kappa shape index (κ1) is 19.2. The van der Waals surface area contributed by atoms with E-state index in [0.717, 1.165) is 39.0 Å². The number of nitriles is 1. The van der Waals surface area contributed by atoms with Crippen LogP contribution in [0.2, 0.25) is 0 Å². The van der Waals surface area contributed by atoms with Gasteiger partial charge in [0.25, 0.3) is 0 Å². The van der Waals surface area contributed by atoms with Gasteiger partial charge in [0.15, 0.2) is 0 Å². The summed E-state index contributed by atoms with van der Waals surface area (Å²) < 4.78 is 33.3. The van der Waals surface area contributed by atoms with Gasteiger partial charge in [-0.1, -0.05) is 36.0 Å². The van der Waals surface area contributed by atoms with Gasteiger partial charge in [-0.25, -0.2) is 8.78 Å². The molecule has 1 aliphatic rings. The summed E-state index contributed by atoms with van der Waals surface area (Å²) in [6.07, 6.45) is 0. The van der Waals surface area contributed by atoms with Gasteiger partial charge in [0.2, 0.25) is 0 Å². The Morgan fingerprint density at radius 3 is 1.84 bits per heavy atom. The summed E-state index contributed by atoms with van der Waals surface area (Å²) in [7, 11) is 0. The van der Waals surface area contributed by atoms with Crippen molar-refractivity contribution in [2.45, 2.75) is 9.79 Å². The number of nitrogens with zero attached hydrogens (tertiary/aromatic N) is 2. The molecule has 0 N–H and O–H groups in total. The normalized spacial score (nSPS) is 12.0. The van der Waals surface area contributed by atoms with Crippen molar-refractivity contribution in [3.05, 3.63) is 102 Å². The van der Waals surface area contributed by atoms with Gasteiger partial charge < -0.3 is 9.64 Å².